The molecule has 3 unspecified atom stereocenters. The van der Waals surface area contributed by atoms with Gasteiger partial charge in [-0.25, -0.2) is 11.8 Å². The Bertz CT molecular complexity index is 360. The summed E-state index contributed by atoms with van der Waals surface area (Å²) in [4.78, 5) is 9.85. The Labute approximate surface area is 103 Å². The van der Waals surface area contributed by atoms with Gasteiger partial charge in [0.05, 0.1) is 0 Å². The number of allylic oxidation sites excluding steroid dienone is 3. The van der Waals surface area contributed by atoms with E-state index in [0.29, 0.717) is 18.3 Å². The zero-order valence-electron chi connectivity index (χ0n) is 10.8. The molecule has 2 aliphatic carbocycles. The first-order valence-corrected chi connectivity index (χ1v) is 6.15. The average molecular weight is 238 g/mol. The number of fused-ring (bicyclic) bond motifs is 1. The summed E-state index contributed by atoms with van der Waals surface area (Å²) in [6.07, 6.45) is 7.95. The van der Waals surface area contributed by atoms with Crippen LogP contribution in [0.3, 0.4) is 0 Å². The molecular weight excluding hydrogens is 216 g/mol. The molecule has 0 heterocycles. The zero-order chi connectivity index (χ0) is 12.7. The SMILES string of the molecule is CC1C=CC2=CC(ON)(ON)CCC2(C)C1C. The van der Waals surface area contributed by atoms with E-state index in [-0.39, 0.29) is 5.41 Å². The van der Waals surface area contributed by atoms with Crippen molar-refractivity contribution >= 4 is 0 Å². The minimum Gasteiger partial charge on any atom is -0.263 e. The highest BCUT2D eigenvalue weighted by molar-refractivity contribution is 5.35. The Balaban J connectivity index is 2.42. The highest BCUT2D eigenvalue weighted by Crippen LogP contribution is 2.51. The maximum atomic E-state index is 5.30. The van der Waals surface area contributed by atoms with E-state index in [2.05, 4.69) is 32.9 Å². The highest BCUT2D eigenvalue weighted by atomic mass is 16.8. The Kier molecular flexibility index (Phi) is 3.16. The van der Waals surface area contributed by atoms with Gasteiger partial charge in [-0.3, -0.25) is 9.68 Å². The van der Waals surface area contributed by atoms with Crippen molar-refractivity contribution in [1.29, 1.82) is 0 Å². The van der Waals surface area contributed by atoms with E-state index in [1.807, 2.05) is 6.08 Å². The second kappa shape index (κ2) is 4.21. The van der Waals surface area contributed by atoms with E-state index < -0.39 is 5.79 Å². The van der Waals surface area contributed by atoms with Crippen molar-refractivity contribution in [1.82, 2.24) is 0 Å². The van der Waals surface area contributed by atoms with E-state index in [1.54, 1.807) is 0 Å². The molecule has 0 aromatic carbocycles. The van der Waals surface area contributed by atoms with E-state index >= 15 is 0 Å². The van der Waals surface area contributed by atoms with Crippen molar-refractivity contribution in [2.75, 3.05) is 0 Å². The molecule has 0 spiro atoms. The van der Waals surface area contributed by atoms with Crippen LogP contribution in [0.1, 0.15) is 33.6 Å². The molecule has 4 N–H and O–H groups in total. The number of hydrogen-bond donors (Lipinski definition) is 2. The summed E-state index contributed by atoms with van der Waals surface area (Å²) in [7, 11) is 0. The van der Waals surface area contributed by atoms with Gasteiger partial charge in [0.2, 0.25) is 5.79 Å². The van der Waals surface area contributed by atoms with Crippen LogP contribution in [0, 0.1) is 17.3 Å². The predicted molar refractivity (Wildman–Crippen MR) is 66.2 cm³/mol. The molecule has 0 fully saturated rings. The molecule has 0 aliphatic heterocycles. The molecule has 0 amide bonds. The van der Waals surface area contributed by atoms with Crippen LogP contribution in [-0.4, -0.2) is 5.79 Å². The van der Waals surface area contributed by atoms with Crippen LogP contribution < -0.4 is 11.8 Å². The molecule has 0 saturated heterocycles. The third kappa shape index (κ3) is 1.85. The van der Waals surface area contributed by atoms with Crippen LogP contribution in [0.25, 0.3) is 0 Å². The Morgan fingerprint density at radius 2 is 1.88 bits per heavy atom. The first-order valence-electron chi connectivity index (χ1n) is 6.15. The second-order valence-corrected chi connectivity index (χ2v) is 5.57. The number of nitrogens with two attached hydrogens (primary N) is 2. The predicted octanol–water partition coefficient (Wildman–Crippen LogP) is 2.03. The van der Waals surface area contributed by atoms with E-state index in [9.17, 15) is 0 Å². The van der Waals surface area contributed by atoms with Crippen molar-refractivity contribution in [3.63, 3.8) is 0 Å². The maximum Gasteiger partial charge on any atom is 0.224 e. The van der Waals surface area contributed by atoms with Crippen molar-refractivity contribution < 1.29 is 9.68 Å². The fourth-order valence-electron chi connectivity index (χ4n) is 3.00. The van der Waals surface area contributed by atoms with Gasteiger partial charge in [-0.2, -0.15) is 0 Å². The van der Waals surface area contributed by atoms with E-state index in [1.165, 1.54) is 5.57 Å². The van der Waals surface area contributed by atoms with E-state index in [0.717, 1.165) is 6.42 Å². The van der Waals surface area contributed by atoms with Gasteiger partial charge in [0.15, 0.2) is 0 Å². The minimum absolute atomic E-state index is 0.161. The molecule has 0 aromatic heterocycles. The van der Waals surface area contributed by atoms with Gasteiger partial charge >= 0.3 is 0 Å². The molecule has 0 bridgehead atoms. The van der Waals surface area contributed by atoms with Crippen LogP contribution >= 0.6 is 0 Å². The quantitative estimate of drug-likeness (QED) is 0.570. The van der Waals surface area contributed by atoms with Gasteiger partial charge in [0.1, 0.15) is 0 Å². The smallest absolute Gasteiger partial charge is 0.224 e. The first kappa shape index (κ1) is 12.8. The third-order valence-electron chi connectivity index (χ3n) is 4.80. The van der Waals surface area contributed by atoms with Gasteiger partial charge in [-0.05, 0) is 35.3 Å². The normalized spacial score (nSPS) is 39.7. The highest BCUT2D eigenvalue weighted by Gasteiger charge is 2.46. The fraction of sp³-hybridized carbons (Fsp3) is 0.692. The van der Waals surface area contributed by atoms with Crippen molar-refractivity contribution in [3.8, 4) is 0 Å². The lowest BCUT2D eigenvalue weighted by molar-refractivity contribution is -0.222. The summed E-state index contributed by atoms with van der Waals surface area (Å²) < 4.78 is 0. The minimum atomic E-state index is -0.959. The summed E-state index contributed by atoms with van der Waals surface area (Å²) in [5.74, 6) is 10.8. The monoisotopic (exact) mass is 238 g/mol. The van der Waals surface area contributed by atoms with Crippen LogP contribution in [0.15, 0.2) is 23.8 Å². The summed E-state index contributed by atoms with van der Waals surface area (Å²) in [6.45, 7) is 6.84. The zero-order valence-corrected chi connectivity index (χ0v) is 10.8. The number of hydrogen-bond acceptors (Lipinski definition) is 4. The lowest BCUT2D eigenvalue weighted by Crippen LogP contribution is -2.47. The standard InChI is InChI=1S/C13H22N2O2/c1-9-4-5-11-8-13(16-14,17-15)7-6-12(11,3)10(9)2/h4-5,8-10H,6-7,14-15H2,1-3H3. The Morgan fingerprint density at radius 1 is 1.24 bits per heavy atom. The molecule has 96 valence electrons. The molecule has 17 heavy (non-hydrogen) atoms. The molecular formula is C13H22N2O2. The Hall–Kier alpha value is -0.680. The van der Waals surface area contributed by atoms with Crippen LogP contribution in [0.4, 0.5) is 0 Å². The lowest BCUT2D eigenvalue weighted by atomic mass is 9.59. The van der Waals surface area contributed by atoms with Gasteiger partial charge in [-0.15, -0.1) is 0 Å². The van der Waals surface area contributed by atoms with Gasteiger partial charge in [0, 0.05) is 6.42 Å². The van der Waals surface area contributed by atoms with Gasteiger partial charge in [0.25, 0.3) is 0 Å². The molecule has 2 aliphatic rings. The van der Waals surface area contributed by atoms with E-state index in [4.69, 9.17) is 21.5 Å². The largest absolute Gasteiger partial charge is 0.263 e. The van der Waals surface area contributed by atoms with Crippen molar-refractivity contribution in [2.24, 2.45) is 29.0 Å². The number of rotatable bonds is 2. The summed E-state index contributed by atoms with van der Waals surface area (Å²) in [5.41, 5.74) is 1.37. The molecule has 4 nitrogen and oxygen atoms in total. The lowest BCUT2D eigenvalue weighted by Gasteiger charge is -2.47. The first-order chi connectivity index (χ1) is 7.97. The summed E-state index contributed by atoms with van der Waals surface area (Å²) in [5, 5.41) is 0. The average Bonchev–Trinajstić information content (AvgIpc) is 2.35. The molecule has 0 aromatic rings. The summed E-state index contributed by atoms with van der Waals surface area (Å²) >= 11 is 0. The molecule has 3 atom stereocenters. The molecule has 2 rings (SSSR count). The van der Waals surface area contributed by atoms with Crippen LogP contribution in [0.2, 0.25) is 0 Å². The third-order valence-corrected chi connectivity index (χ3v) is 4.80. The fourth-order valence-corrected chi connectivity index (χ4v) is 3.00. The Morgan fingerprint density at radius 3 is 2.47 bits per heavy atom. The van der Waals surface area contributed by atoms with Gasteiger partial charge < -0.3 is 0 Å². The van der Waals surface area contributed by atoms with Gasteiger partial charge in [-0.1, -0.05) is 32.9 Å². The van der Waals surface area contributed by atoms with Crippen LogP contribution in [-0.2, 0) is 9.68 Å². The molecule has 4 heteroatoms. The van der Waals surface area contributed by atoms with Crippen molar-refractivity contribution in [2.45, 2.75) is 39.4 Å². The summed E-state index contributed by atoms with van der Waals surface area (Å²) in [6, 6.07) is 0. The topological polar surface area (TPSA) is 70.5 Å². The second-order valence-electron chi connectivity index (χ2n) is 5.57. The molecule has 0 radical (unpaired) electrons. The maximum absolute atomic E-state index is 5.30. The van der Waals surface area contributed by atoms with Crippen LogP contribution in [0.5, 0.6) is 0 Å². The molecule has 0 saturated carbocycles. The van der Waals surface area contributed by atoms with Crippen molar-refractivity contribution in [3.05, 3.63) is 23.8 Å².